The molecule has 0 aromatic heterocycles. The Morgan fingerprint density at radius 3 is 2.23 bits per heavy atom. The van der Waals surface area contributed by atoms with Gasteiger partial charge in [-0.25, -0.2) is 0 Å². The minimum Gasteiger partial charge on any atom is -0.324 e. The Bertz CT molecular complexity index is 233. The molecular formula is C10H16ClNS. The summed E-state index contributed by atoms with van der Waals surface area (Å²) in [5, 5.41) is 0. The van der Waals surface area contributed by atoms with Gasteiger partial charge in [0.25, 0.3) is 0 Å². The van der Waals surface area contributed by atoms with Gasteiger partial charge in [0.15, 0.2) is 0 Å². The van der Waals surface area contributed by atoms with Crippen LogP contribution in [0.15, 0.2) is 29.2 Å². The molecule has 1 rings (SSSR count). The second kappa shape index (κ2) is 6.30. The molecule has 0 fully saturated rings. The number of halogens is 1. The zero-order chi connectivity index (χ0) is 8.97. The normalized spacial score (nSPS) is 11.9. The van der Waals surface area contributed by atoms with Crippen LogP contribution in [0.25, 0.3) is 0 Å². The number of thioether (sulfide) groups is 1. The van der Waals surface area contributed by atoms with E-state index in [-0.39, 0.29) is 18.4 Å². The van der Waals surface area contributed by atoms with Crippen LogP contribution in [0.3, 0.4) is 0 Å². The second-order valence-corrected chi connectivity index (χ2v) is 4.13. The average Bonchev–Trinajstić information content (AvgIpc) is 2.06. The third kappa shape index (κ3) is 4.03. The summed E-state index contributed by atoms with van der Waals surface area (Å²) in [5.74, 6) is 1.12. The smallest absolute Gasteiger partial charge is 0.0266 e. The maximum atomic E-state index is 5.73. The van der Waals surface area contributed by atoms with E-state index in [1.54, 1.807) is 0 Å². The molecule has 74 valence electrons. The molecule has 0 aliphatic carbocycles. The predicted octanol–water partition coefficient (Wildman–Crippen LogP) is 3.24. The van der Waals surface area contributed by atoms with Crippen LogP contribution in [0.4, 0.5) is 0 Å². The molecule has 0 saturated heterocycles. The lowest BCUT2D eigenvalue weighted by Gasteiger charge is -2.05. The second-order valence-electron chi connectivity index (χ2n) is 2.79. The van der Waals surface area contributed by atoms with E-state index in [1.165, 1.54) is 10.5 Å². The number of hydrogen-bond donors (Lipinski definition) is 1. The van der Waals surface area contributed by atoms with Crippen molar-refractivity contribution in [2.45, 2.75) is 24.8 Å². The summed E-state index contributed by atoms with van der Waals surface area (Å²) in [6, 6.07) is 8.61. The largest absolute Gasteiger partial charge is 0.324 e. The summed E-state index contributed by atoms with van der Waals surface area (Å²) in [4.78, 5) is 1.32. The molecule has 0 aliphatic heterocycles. The maximum absolute atomic E-state index is 5.73. The first-order chi connectivity index (χ1) is 5.74. The Morgan fingerprint density at radius 2 is 1.85 bits per heavy atom. The highest BCUT2D eigenvalue weighted by Crippen LogP contribution is 2.19. The van der Waals surface area contributed by atoms with Crippen molar-refractivity contribution in [1.82, 2.24) is 0 Å². The van der Waals surface area contributed by atoms with Gasteiger partial charge in [-0.1, -0.05) is 19.1 Å². The fraction of sp³-hybridized carbons (Fsp3) is 0.400. The number of rotatable bonds is 3. The van der Waals surface area contributed by atoms with Gasteiger partial charge in [0.2, 0.25) is 0 Å². The van der Waals surface area contributed by atoms with Crippen LogP contribution in [0, 0.1) is 0 Å². The first kappa shape index (κ1) is 12.8. The Hall–Kier alpha value is -0.180. The average molecular weight is 218 g/mol. The van der Waals surface area contributed by atoms with Gasteiger partial charge in [-0.05, 0) is 30.4 Å². The van der Waals surface area contributed by atoms with E-state index in [0.717, 1.165) is 5.75 Å². The monoisotopic (exact) mass is 217 g/mol. The lowest BCUT2D eigenvalue weighted by molar-refractivity contribution is 0.817. The molecule has 1 aromatic carbocycles. The number of benzene rings is 1. The highest BCUT2D eigenvalue weighted by molar-refractivity contribution is 7.99. The SMILES string of the molecule is CCSc1ccc([C@@H](C)N)cc1.Cl. The molecular weight excluding hydrogens is 202 g/mol. The van der Waals surface area contributed by atoms with Crippen LogP contribution in [0.2, 0.25) is 0 Å². The van der Waals surface area contributed by atoms with Crippen molar-refractivity contribution < 1.29 is 0 Å². The summed E-state index contributed by atoms with van der Waals surface area (Å²) in [5.41, 5.74) is 6.94. The van der Waals surface area contributed by atoms with Crippen LogP contribution in [0.1, 0.15) is 25.5 Å². The summed E-state index contributed by atoms with van der Waals surface area (Å²) >= 11 is 1.85. The van der Waals surface area contributed by atoms with Gasteiger partial charge in [0, 0.05) is 10.9 Å². The quantitative estimate of drug-likeness (QED) is 0.787. The third-order valence-corrected chi connectivity index (χ3v) is 2.61. The molecule has 3 heteroatoms. The molecule has 0 unspecified atom stereocenters. The van der Waals surface area contributed by atoms with E-state index >= 15 is 0 Å². The molecule has 0 heterocycles. The number of nitrogens with two attached hydrogens (primary N) is 1. The van der Waals surface area contributed by atoms with Crippen LogP contribution in [-0.4, -0.2) is 5.75 Å². The van der Waals surface area contributed by atoms with Gasteiger partial charge < -0.3 is 5.73 Å². The topological polar surface area (TPSA) is 26.0 Å². The van der Waals surface area contributed by atoms with Crippen molar-refractivity contribution in [3.05, 3.63) is 29.8 Å². The highest BCUT2D eigenvalue weighted by atomic mass is 35.5. The minimum absolute atomic E-state index is 0. The summed E-state index contributed by atoms with van der Waals surface area (Å²) < 4.78 is 0. The first-order valence-corrected chi connectivity index (χ1v) is 5.21. The Morgan fingerprint density at radius 1 is 1.31 bits per heavy atom. The zero-order valence-corrected chi connectivity index (χ0v) is 9.62. The zero-order valence-electron chi connectivity index (χ0n) is 7.99. The van der Waals surface area contributed by atoms with Gasteiger partial charge in [0.05, 0.1) is 0 Å². The lowest BCUT2D eigenvalue weighted by Crippen LogP contribution is -2.04. The van der Waals surface area contributed by atoms with E-state index in [4.69, 9.17) is 5.73 Å². The van der Waals surface area contributed by atoms with Crippen molar-refractivity contribution in [1.29, 1.82) is 0 Å². The van der Waals surface area contributed by atoms with Crippen molar-refractivity contribution in [3.8, 4) is 0 Å². The van der Waals surface area contributed by atoms with E-state index in [0.29, 0.717) is 0 Å². The Labute approximate surface area is 90.5 Å². The fourth-order valence-corrected chi connectivity index (χ4v) is 1.70. The lowest BCUT2D eigenvalue weighted by atomic mass is 10.1. The van der Waals surface area contributed by atoms with Crippen molar-refractivity contribution in [3.63, 3.8) is 0 Å². The predicted molar refractivity (Wildman–Crippen MR) is 62.7 cm³/mol. The van der Waals surface area contributed by atoms with Gasteiger partial charge in [-0.15, -0.1) is 24.2 Å². The van der Waals surface area contributed by atoms with Crippen LogP contribution in [0.5, 0.6) is 0 Å². The van der Waals surface area contributed by atoms with E-state index < -0.39 is 0 Å². The van der Waals surface area contributed by atoms with Crippen molar-refractivity contribution in [2.75, 3.05) is 5.75 Å². The van der Waals surface area contributed by atoms with Crippen molar-refractivity contribution in [2.24, 2.45) is 5.73 Å². The maximum Gasteiger partial charge on any atom is 0.0266 e. The first-order valence-electron chi connectivity index (χ1n) is 4.22. The molecule has 1 nitrogen and oxygen atoms in total. The summed E-state index contributed by atoms with van der Waals surface area (Å²) in [6.45, 7) is 4.16. The summed E-state index contributed by atoms with van der Waals surface area (Å²) in [7, 11) is 0. The minimum atomic E-state index is 0. The molecule has 0 aliphatic rings. The van der Waals surface area contributed by atoms with Crippen LogP contribution < -0.4 is 5.73 Å². The molecule has 0 radical (unpaired) electrons. The van der Waals surface area contributed by atoms with E-state index in [1.807, 2.05) is 18.7 Å². The third-order valence-electron chi connectivity index (χ3n) is 1.72. The van der Waals surface area contributed by atoms with Gasteiger partial charge in [-0.3, -0.25) is 0 Å². The Balaban J connectivity index is 0.00000144. The Kier molecular flexibility index (Phi) is 6.21. The van der Waals surface area contributed by atoms with Crippen molar-refractivity contribution >= 4 is 24.2 Å². The van der Waals surface area contributed by atoms with Gasteiger partial charge in [-0.2, -0.15) is 0 Å². The molecule has 1 atom stereocenters. The molecule has 0 bridgehead atoms. The molecule has 1 aromatic rings. The van der Waals surface area contributed by atoms with Crippen LogP contribution >= 0.6 is 24.2 Å². The van der Waals surface area contributed by atoms with Gasteiger partial charge in [0.1, 0.15) is 0 Å². The highest BCUT2D eigenvalue weighted by Gasteiger charge is 1.97. The van der Waals surface area contributed by atoms with E-state index in [9.17, 15) is 0 Å². The molecule has 13 heavy (non-hydrogen) atoms. The molecule has 0 saturated carbocycles. The van der Waals surface area contributed by atoms with Crippen LogP contribution in [-0.2, 0) is 0 Å². The fourth-order valence-electron chi connectivity index (χ4n) is 1.03. The van der Waals surface area contributed by atoms with Gasteiger partial charge >= 0.3 is 0 Å². The molecule has 0 amide bonds. The molecule has 2 N–H and O–H groups in total. The summed E-state index contributed by atoms with van der Waals surface area (Å²) in [6.07, 6.45) is 0. The molecule has 0 spiro atoms. The van der Waals surface area contributed by atoms with E-state index in [2.05, 4.69) is 31.2 Å². The number of hydrogen-bond acceptors (Lipinski definition) is 2. The standard InChI is InChI=1S/C10H15NS.ClH/c1-3-12-10-6-4-9(5-7-10)8(2)11;/h4-8H,3,11H2,1-2H3;1H/t8-;/m1./s1.